The van der Waals surface area contributed by atoms with Gasteiger partial charge in [0.15, 0.2) is 0 Å². The molecule has 0 aliphatic heterocycles. The summed E-state index contributed by atoms with van der Waals surface area (Å²) < 4.78 is 0. The Labute approximate surface area is 114 Å². The Morgan fingerprint density at radius 1 is 1.28 bits per heavy atom. The van der Waals surface area contributed by atoms with Gasteiger partial charge in [-0.1, -0.05) is 50.4 Å². The monoisotopic (exact) mass is 261 g/mol. The molecule has 1 aliphatic carbocycles. The molecule has 0 radical (unpaired) electrons. The van der Waals surface area contributed by atoms with Gasteiger partial charge in [0, 0.05) is 11.6 Å². The highest BCUT2D eigenvalue weighted by Crippen LogP contribution is 2.48. The number of aromatic nitrogens is 1. The van der Waals surface area contributed by atoms with Gasteiger partial charge in [-0.05, 0) is 35.8 Å². The normalized spacial score (nSPS) is 23.4. The summed E-state index contributed by atoms with van der Waals surface area (Å²) in [7, 11) is 0. The summed E-state index contributed by atoms with van der Waals surface area (Å²) in [5.74, 6) is 0.651. The SMILES string of the molecule is CC1(C)CCCCC1c1c[nH]c2c(Cl)cccc12. The van der Waals surface area contributed by atoms with Crippen molar-refractivity contribution in [1.82, 2.24) is 4.98 Å². The van der Waals surface area contributed by atoms with Crippen LogP contribution in [0.3, 0.4) is 0 Å². The van der Waals surface area contributed by atoms with Gasteiger partial charge in [-0.25, -0.2) is 0 Å². The molecule has 0 spiro atoms. The van der Waals surface area contributed by atoms with E-state index in [1.165, 1.54) is 36.6 Å². The average molecular weight is 262 g/mol. The molecule has 1 nitrogen and oxygen atoms in total. The lowest BCUT2D eigenvalue weighted by molar-refractivity contribution is 0.201. The van der Waals surface area contributed by atoms with Gasteiger partial charge in [0.1, 0.15) is 0 Å². The van der Waals surface area contributed by atoms with Crippen molar-refractivity contribution in [3.63, 3.8) is 0 Å². The molecule has 1 aromatic heterocycles. The molecule has 2 heteroatoms. The maximum absolute atomic E-state index is 6.25. The zero-order chi connectivity index (χ0) is 12.8. The van der Waals surface area contributed by atoms with E-state index in [9.17, 15) is 0 Å². The highest BCUT2D eigenvalue weighted by Gasteiger charge is 2.34. The minimum atomic E-state index is 0.399. The zero-order valence-electron chi connectivity index (χ0n) is 11.1. The van der Waals surface area contributed by atoms with Gasteiger partial charge in [0.05, 0.1) is 10.5 Å². The van der Waals surface area contributed by atoms with E-state index in [0.717, 1.165) is 10.5 Å². The van der Waals surface area contributed by atoms with Crippen molar-refractivity contribution in [2.45, 2.75) is 45.4 Å². The summed E-state index contributed by atoms with van der Waals surface area (Å²) in [5, 5.41) is 2.13. The number of rotatable bonds is 1. The summed E-state index contributed by atoms with van der Waals surface area (Å²) in [4.78, 5) is 3.36. The molecule has 96 valence electrons. The standard InChI is InChI=1S/C16H20ClN/c1-16(2)9-4-3-7-13(16)12-10-18-15-11(12)6-5-8-14(15)17/h5-6,8,10,13,18H,3-4,7,9H2,1-2H3. The number of hydrogen-bond donors (Lipinski definition) is 1. The largest absolute Gasteiger partial charge is 0.360 e. The lowest BCUT2D eigenvalue weighted by Crippen LogP contribution is -2.25. The Balaban J connectivity index is 2.11. The number of para-hydroxylation sites is 1. The molecule has 1 heterocycles. The number of fused-ring (bicyclic) bond motifs is 1. The van der Waals surface area contributed by atoms with E-state index in [4.69, 9.17) is 11.6 Å². The molecule has 1 atom stereocenters. The predicted octanol–water partition coefficient (Wildman–Crippen LogP) is 5.51. The third-order valence-corrected chi connectivity index (χ3v) is 4.89. The minimum Gasteiger partial charge on any atom is -0.360 e. The number of hydrogen-bond acceptors (Lipinski definition) is 0. The molecule has 0 bridgehead atoms. The topological polar surface area (TPSA) is 15.8 Å². The molecule has 1 N–H and O–H groups in total. The lowest BCUT2D eigenvalue weighted by Gasteiger charge is -2.38. The fourth-order valence-corrected chi connectivity index (χ4v) is 3.73. The first-order valence-electron chi connectivity index (χ1n) is 6.85. The maximum Gasteiger partial charge on any atom is 0.0647 e. The highest BCUT2D eigenvalue weighted by molar-refractivity contribution is 6.35. The van der Waals surface area contributed by atoms with Crippen molar-refractivity contribution in [3.05, 3.63) is 35.0 Å². The molecular weight excluding hydrogens is 242 g/mol. The number of aromatic amines is 1. The third-order valence-electron chi connectivity index (χ3n) is 4.58. The van der Waals surface area contributed by atoms with Crippen molar-refractivity contribution in [2.75, 3.05) is 0 Å². The van der Waals surface area contributed by atoms with Crippen LogP contribution in [0.5, 0.6) is 0 Å². The second-order valence-corrected chi connectivity index (χ2v) is 6.60. The van der Waals surface area contributed by atoms with Crippen LogP contribution in [-0.4, -0.2) is 4.98 Å². The Morgan fingerprint density at radius 2 is 2.11 bits per heavy atom. The van der Waals surface area contributed by atoms with Crippen molar-refractivity contribution >= 4 is 22.5 Å². The Bertz CT molecular complexity index is 567. The van der Waals surface area contributed by atoms with Gasteiger partial charge in [0.25, 0.3) is 0 Å². The van der Waals surface area contributed by atoms with Crippen LogP contribution >= 0.6 is 11.6 Å². The number of H-pyrrole nitrogens is 1. The lowest BCUT2D eigenvalue weighted by atomic mass is 9.66. The molecule has 1 unspecified atom stereocenters. The van der Waals surface area contributed by atoms with Gasteiger partial charge in [-0.2, -0.15) is 0 Å². The van der Waals surface area contributed by atoms with E-state index in [2.05, 4.69) is 37.2 Å². The second-order valence-electron chi connectivity index (χ2n) is 6.19. The molecule has 1 aliphatic rings. The molecular formula is C16H20ClN. The van der Waals surface area contributed by atoms with Gasteiger partial charge in [-0.3, -0.25) is 0 Å². The predicted molar refractivity (Wildman–Crippen MR) is 78.3 cm³/mol. The van der Waals surface area contributed by atoms with E-state index >= 15 is 0 Å². The summed E-state index contributed by atoms with van der Waals surface area (Å²) in [6.45, 7) is 4.81. The molecule has 2 aromatic rings. The van der Waals surface area contributed by atoms with E-state index in [-0.39, 0.29) is 0 Å². The first-order chi connectivity index (χ1) is 8.59. The fraction of sp³-hybridized carbons (Fsp3) is 0.500. The number of benzene rings is 1. The van der Waals surface area contributed by atoms with E-state index in [1.807, 2.05) is 6.07 Å². The van der Waals surface area contributed by atoms with Gasteiger partial charge in [-0.15, -0.1) is 0 Å². The van der Waals surface area contributed by atoms with Gasteiger partial charge in [0.2, 0.25) is 0 Å². The van der Waals surface area contributed by atoms with E-state index in [1.54, 1.807) is 0 Å². The Morgan fingerprint density at radius 3 is 2.89 bits per heavy atom. The summed E-state index contributed by atoms with van der Waals surface area (Å²) >= 11 is 6.25. The minimum absolute atomic E-state index is 0.399. The number of halogens is 1. The van der Waals surface area contributed by atoms with Crippen LogP contribution in [0.15, 0.2) is 24.4 Å². The van der Waals surface area contributed by atoms with Crippen LogP contribution in [0, 0.1) is 5.41 Å². The van der Waals surface area contributed by atoms with Gasteiger partial charge >= 0.3 is 0 Å². The Kier molecular flexibility index (Phi) is 2.90. The summed E-state index contributed by atoms with van der Waals surface area (Å²) in [6.07, 6.45) is 7.51. The van der Waals surface area contributed by atoms with Crippen LogP contribution in [0.1, 0.15) is 51.0 Å². The molecule has 0 amide bonds. The quantitative estimate of drug-likeness (QED) is 0.697. The Hall–Kier alpha value is -0.950. The molecule has 3 rings (SSSR count). The summed E-state index contributed by atoms with van der Waals surface area (Å²) in [5.41, 5.74) is 2.95. The highest BCUT2D eigenvalue weighted by atomic mass is 35.5. The van der Waals surface area contributed by atoms with Crippen LogP contribution in [-0.2, 0) is 0 Å². The smallest absolute Gasteiger partial charge is 0.0647 e. The molecule has 1 fully saturated rings. The van der Waals surface area contributed by atoms with Crippen LogP contribution in [0.25, 0.3) is 10.9 Å². The van der Waals surface area contributed by atoms with Crippen molar-refractivity contribution in [1.29, 1.82) is 0 Å². The first-order valence-corrected chi connectivity index (χ1v) is 7.23. The molecule has 0 saturated heterocycles. The number of nitrogens with one attached hydrogen (secondary N) is 1. The van der Waals surface area contributed by atoms with Gasteiger partial charge < -0.3 is 4.98 Å². The fourth-order valence-electron chi connectivity index (χ4n) is 3.50. The molecule has 1 aromatic carbocycles. The zero-order valence-corrected chi connectivity index (χ0v) is 11.8. The third kappa shape index (κ3) is 1.85. The van der Waals surface area contributed by atoms with Crippen molar-refractivity contribution in [3.8, 4) is 0 Å². The van der Waals surface area contributed by atoms with Crippen LogP contribution in [0.2, 0.25) is 5.02 Å². The van der Waals surface area contributed by atoms with E-state index < -0.39 is 0 Å². The first kappa shape index (κ1) is 12.1. The van der Waals surface area contributed by atoms with Crippen molar-refractivity contribution < 1.29 is 0 Å². The molecule has 1 saturated carbocycles. The second kappa shape index (κ2) is 4.31. The average Bonchev–Trinajstić information content (AvgIpc) is 2.74. The van der Waals surface area contributed by atoms with E-state index in [0.29, 0.717) is 11.3 Å². The van der Waals surface area contributed by atoms with Crippen molar-refractivity contribution in [2.24, 2.45) is 5.41 Å². The molecule has 18 heavy (non-hydrogen) atoms. The maximum atomic E-state index is 6.25. The van der Waals surface area contributed by atoms with Crippen LogP contribution in [0.4, 0.5) is 0 Å². The summed E-state index contributed by atoms with van der Waals surface area (Å²) in [6, 6.07) is 6.20. The van der Waals surface area contributed by atoms with Crippen LogP contribution < -0.4 is 0 Å².